The Labute approximate surface area is 146 Å². The van der Waals surface area contributed by atoms with Gasteiger partial charge in [-0.2, -0.15) is 0 Å². The van der Waals surface area contributed by atoms with E-state index in [4.69, 9.17) is 0 Å². The average Bonchev–Trinajstić information content (AvgIpc) is 2.53. The van der Waals surface area contributed by atoms with Crippen molar-refractivity contribution in [3.05, 3.63) is 60.3 Å². The maximum absolute atomic E-state index is 12.8. The fourth-order valence-electron chi connectivity index (χ4n) is 2.46. The molecule has 1 N–H and O–H groups in total. The predicted molar refractivity (Wildman–Crippen MR) is 96.8 cm³/mol. The molecule has 1 aromatic heterocycles. The number of fused-ring (bicyclic) bond motifs is 1. The number of hydrogen-bond acceptors (Lipinski definition) is 5. The van der Waals surface area contributed by atoms with Crippen molar-refractivity contribution in [2.75, 3.05) is 11.0 Å². The maximum atomic E-state index is 12.8. The maximum Gasteiger partial charge on any atom is 0.264 e. The lowest BCUT2D eigenvalue weighted by molar-refractivity contribution is 0.599. The smallest absolute Gasteiger partial charge is 0.264 e. The first-order chi connectivity index (χ1) is 11.7. The van der Waals surface area contributed by atoms with Crippen molar-refractivity contribution in [3.8, 4) is 0 Å². The van der Waals surface area contributed by atoms with Crippen molar-refractivity contribution in [3.63, 3.8) is 0 Å². The number of sulfone groups is 1. The van der Waals surface area contributed by atoms with Gasteiger partial charge in [0.15, 0.2) is 9.84 Å². The SMILES string of the molecule is Cc1cnc2c(S(=O)(=O)Nc3cccc(S(C)(=O)=O)c3)cccc2c1. The summed E-state index contributed by atoms with van der Waals surface area (Å²) in [5.41, 5.74) is 1.46. The van der Waals surface area contributed by atoms with Crippen molar-refractivity contribution in [1.29, 1.82) is 0 Å². The van der Waals surface area contributed by atoms with Crippen LogP contribution in [0.3, 0.4) is 0 Å². The van der Waals surface area contributed by atoms with Crippen LogP contribution in [0.25, 0.3) is 10.9 Å². The molecule has 3 aromatic rings. The molecule has 0 fully saturated rings. The predicted octanol–water partition coefficient (Wildman–Crippen LogP) is 2.75. The number of rotatable bonds is 4. The van der Waals surface area contributed by atoms with Gasteiger partial charge < -0.3 is 0 Å². The van der Waals surface area contributed by atoms with Crippen molar-refractivity contribution < 1.29 is 16.8 Å². The second-order valence-corrected chi connectivity index (χ2v) is 9.41. The third kappa shape index (κ3) is 3.64. The van der Waals surface area contributed by atoms with Crippen LogP contribution in [0.1, 0.15) is 5.56 Å². The monoisotopic (exact) mass is 376 g/mol. The number of aromatic nitrogens is 1. The van der Waals surface area contributed by atoms with Crippen LogP contribution in [0.5, 0.6) is 0 Å². The summed E-state index contributed by atoms with van der Waals surface area (Å²) in [5.74, 6) is 0. The second-order valence-electron chi connectivity index (χ2n) is 5.75. The van der Waals surface area contributed by atoms with Gasteiger partial charge in [-0.25, -0.2) is 16.8 Å². The standard InChI is InChI=1S/C17H16N2O4S2/c1-12-9-13-5-3-8-16(17(13)18-11-12)25(22,23)19-14-6-4-7-15(10-14)24(2,20)21/h3-11,19H,1-2H3. The molecule has 0 unspecified atom stereocenters. The van der Waals surface area contributed by atoms with Gasteiger partial charge in [0.1, 0.15) is 4.90 Å². The van der Waals surface area contributed by atoms with E-state index in [1.807, 2.05) is 13.0 Å². The third-order valence-corrected chi connectivity index (χ3v) is 6.14. The van der Waals surface area contributed by atoms with Crippen LogP contribution in [-0.2, 0) is 19.9 Å². The van der Waals surface area contributed by atoms with Gasteiger partial charge in [-0.3, -0.25) is 9.71 Å². The quantitative estimate of drug-likeness (QED) is 0.756. The van der Waals surface area contributed by atoms with Crippen LogP contribution in [0, 0.1) is 6.92 Å². The van der Waals surface area contributed by atoms with E-state index in [1.165, 1.54) is 30.3 Å². The Morgan fingerprint density at radius 2 is 1.68 bits per heavy atom. The van der Waals surface area contributed by atoms with Crippen LogP contribution in [-0.4, -0.2) is 28.1 Å². The minimum absolute atomic E-state index is 0.0368. The molecule has 1 heterocycles. The summed E-state index contributed by atoms with van der Waals surface area (Å²) < 4.78 is 51.2. The van der Waals surface area contributed by atoms with E-state index >= 15 is 0 Å². The first-order valence-corrected chi connectivity index (χ1v) is 10.7. The highest BCUT2D eigenvalue weighted by Crippen LogP contribution is 2.25. The first-order valence-electron chi connectivity index (χ1n) is 7.35. The van der Waals surface area contributed by atoms with Gasteiger partial charge >= 0.3 is 0 Å². The van der Waals surface area contributed by atoms with E-state index in [-0.39, 0.29) is 15.5 Å². The summed E-state index contributed by atoms with van der Waals surface area (Å²) in [6.45, 7) is 1.88. The number of aryl methyl sites for hydroxylation is 1. The Bertz CT molecular complexity index is 1170. The molecule has 0 saturated carbocycles. The number of sulfonamides is 1. The summed E-state index contributed by atoms with van der Waals surface area (Å²) >= 11 is 0. The molecule has 0 bridgehead atoms. The highest BCUT2D eigenvalue weighted by atomic mass is 32.2. The van der Waals surface area contributed by atoms with E-state index < -0.39 is 19.9 Å². The number of nitrogens with one attached hydrogen (secondary N) is 1. The highest BCUT2D eigenvalue weighted by molar-refractivity contribution is 7.93. The van der Waals surface area contributed by atoms with E-state index in [0.717, 1.165) is 11.8 Å². The zero-order valence-corrected chi connectivity index (χ0v) is 15.2. The molecule has 0 amide bonds. The van der Waals surface area contributed by atoms with Crippen LogP contribution in [0.2, 0.25) is 0 Å². The van der Waals surface area contributed by atoms with Gasteiger partial charge in [-0.05, 0) is 42.8 Å². The van der Waals surface area contributed by atoms with Gasteiger partial charge in [-0.15, -0.1) is 0 Å². The third-order valence-electron chi connectivity index (χ3n) is 3.61. The summed E-state index contributed by atoms with van der Waals surface area (Å²) in [6.07, 6.45) is 2.67. The summed E-state index contributed by atoms with van der Waals surface area (Å²) in [7, 11) is -7.35. The summed E-state index contributed by atoms with van der Waals surface area (Å²) in [6, 6.07) is 12.4. The Kier molecular flexibility index (Phi) is 4.26. The number of benzene rings is 2. The van der Waals surface area contributed by atoms with E-state index in [0.29, 0.717) is 10.9 Å². The molecule has 25 heavy (non-hydrogen) atoms. The number of anilines is 1. The zero-order valence-electron chi connectivity index (χ0n) is 13.6. The molecule has 6 nitrogen and oxygen atoms in total. The van der Waals surface area contributed by atoms with Crippen LogP contribution < -0.4 is 4.72 Å². The molecule has 130 valence electrons. The van der Waals surface area contributed by atoms with Crippen molar-refractivity contribution in [2.24, 2.45) is 0 Å². The normalized spacial score (nSPS) is 12.2. The molecule has 0 atom stereocenters. The summed E-state index contributed by atoms with van der Waals surface area (Å²) in [4.78, 5) is 4.31. The summed E-state index contributed by atoms with van der Waals surface area (Å²) in [5, 5.41) is 0.716. The molecule has 0 aliphatic heterocycles. The molecule has 0 aliphatic rings. The minimum Gasteiger partial charge on any atom is -0.280 e. The Morgan fingerprint density at radius 3 is 2.40 bits per heavy atom. The topological polar surface area (TPSA) is 93.2 Å². The van der Waals surface area contributed by atoms with E-state index in [1.54, 1.807) is 18.3 Å². The van der Waals surface area contributed by atoms with Crippen LogP contribution >= 0.6 is 0 Å². The average molecular weight is 376 g/mol. The largest absolute Gasteiger partial charge is 0.280 e. The molecule has 8 heteroatoms. The lowest BCUT2D eigenvalue weighted by Gasteiger charge is -2.11. The molecule has 2 aromatic carbocycles. The zero-order chi connectivity index (χ0) is 18.2. The van der Waals surface area contributed by atoms with E-state index in [9.17, 15) is 16.8 Å². The lowest BCUT2D eigenvalue weighted by Crippen LogP contribution is -2.14. The molecular weight excluding hydrogens is 360 g/mol. The van der Waals surface area contributed by atoms with Crippen LogP contribution in [0.15, 0.2) is 64.5 Å². The van der Waals surface area contributed by atoms with Gasteiger partial charge in [-0.1, -0.05) is 18.2 Å². The molecular formula is C17H16N2O4S2. The number of hydrogen-bond donors (Lipinski definition) is 1. The molecule has 0 saturated heterocycles. The highest BCUT2D eigenvalue weighted by Gasteiger charge is 2.19. The number of nitrogens with zero attached hydrogens (tertiary/aromatic N) is 1. The Balaban J connectivity index is 2.07. The fraction of sp³-hybridized carbons (Fsp3) is 0.118. The van der Waals surface area contributed by atoms with Gasteiger partial charge in [0.2, 0.25) is 0 Å². The number of pyridine rings is 1. The second kappa shape index (κ2) is 6.12. The van der Waals surface area contributed by atoms with E-state index in [2.05, 4.69) is 9.71 Å². The molecule has 0 radical (unpaired) electrons. The van der Waals surface area contributed by atoms with Crippen molar-refractivity contribution >= 4 is 36.5 Å². The minimum atomic E-state index is -3.92. The fourth-order valence-corrected chi connectivity index (χ4v) is 4.36. The van der Waals surface area contributed by atoms with Crippen molar-refractivity contribution in [1.82, 2.24) is 4.98 Å². The molecule has 0 aliphatic carbocycles. The Morgan fingerprint density at radius 1 is 0.960 bits per heavy atom. The van der Waals surface area contributed by atoms with Crippen LogP contribution in [0.4, 0.5) is 5.69 Å². The molecule has 0 spiro atoms. The number of para-hydroxylation sites is 1. The van der Waals surface area contributed by atoms with Gasteiger partial charge in [0.25, 0.3) is 10.0 Å². The molecule has 3 rings (SSSR count). The van der Waals surface area contributed by atoms with Gasteiger partial charge in [0, 0.05) is 17.8 Å². The van der Waals surface area contributed by atoms with Gasteiger partial charge in [0.05, 0.1) is 16.1 Å². The van der Waals surface area contributed by atoms with Crippen molar-refractivity contribution in [2.45, 2.75) is 16.7 Å². The lowest BCUT2D eigenvalue weighted by atomic mass is 10.2. The Hall–Kier alpha value is -2.45. The first kappa shape index (κ1) is 17.4.